The lowest BCUT2D eigenvalue weighted by molar-refractivity contribution is 0.181. The minimum atomic E-state index is -1.20. The molecule has 28 heavy (non-hydrogen) atoms. The predicted octanol–water partition coefficient (Wildman–Crippen LogP) is 3.31. The van der Waals surface area contributed by atoms with Crippen LogP contribution in [0.5, 0.6) is 11.5 Å². The fourth-order valence-corrected chi connectivity index (χ4v) is 2.84. The van der Waals surface area contributed by atoms with E-state index < -0.39 is 11.6 Å². The molecule has 0 aliphatic rings. The quantitative estimate of drug-likeness (QED) is 0.677. The predicted molar refractivity (Wildman–Crippen MR) is 105 cm³/mol. The highest BCUT2D eigenvalue weighted by atomic mass is 16.5. The highest BCUT2D eigenvalue weighted by molar-refractivity contribution is 5.86. The molecule has 0 aliphatic heterocycles. The van der Waals surface area contributed by atoms with Crippen LogP contribution in [-0.2, 0) is 5.54 Å². The number of hydrogen-bond donors (Lipinski definition) is 2. The van der Waals surface area contributed by atoms with E-state index in [0.717, 1.165) is 10.9 Å². The van der Waals surface area contributed by atoms with Gasteiger partial charge in [0.25, 0.3) is 5.56 Å². The van der Waals surface area contributed by atoms with Gasteiger partial charge >= 0.3 is 6.09 Å². The monoisotopic (exact) mass is 383 g/mol. The molecule has 0 bridgehead atoms. The second-order valence-corrected chi connectivity index (χ2v) is 6.85. The van der Waals surface area contributed by atoms with Crippen molar-refractivity contribution in [1.29, 1.82) is 0 Å². The third-order valence-electron chi connectivity index (χ3n) is 4.31. The maximum absolute atomic E-state index is 12.3. The second kappa shape index (κ2) is 7.59. The van der Waals surface area contributed by atoms with Gasteiger partial charge in [-0.25, -0.2) is 4.79 Å². The number of pyridine rings is 2. The van der Waals surface area contributed by atoms with Gasteiger partial charge in [-0.1, -0.05) is 0 Å². The van der Waals surface area contributed by atoms with E-state index in [-0.39, 0.29) is 12.2 Å². The number of amides is 1. The number of ether oxygens (including phenoxy) is 2. The Morgan fingerprint density at radius 3 is 2.75 bits per heavy atom. The zero-order chi connectivity index (χ0) is 20.3. The molecular formula is C20H21N3O5. The number of methoxy groups -OCH3 is 1. The third kappa shape index (κ3) is 4.06. The van der Waals surface area contributed by atoms with Gasteiger partial charge in [-0.3, -0.25) is 15.1 Å². The van der Waals surface area contributed by atoms with Gasteiger partial charge in [0.15, 0.2) is 0 Å². The number of benzene rings is 1. The largest absolute Gasteiger partial charge is 0.497 e. The molecule has 2 aromatic heterocycles. The van der Waals surface area contributed by atoms with E-state index in [1.807, 2.05) is 32.0 Å². The third-order valence-corrected chi connectivity index (χ3v) is 4.31. The summed E-state index contributed by atoms with van der Waals surface area (Å²) >= 11 is 0. The Morgan fingerprint density at radius 2 is 2.04 bits per heavy atom. The molecule has 2 heterocycles. The molecule has 1 aromatic carbocycles. The topological polar surface area (TPSA) is 103 Å². The lowest BCUT2D eigenvalue weighted by Crippen LogP contribution is -2.40. The molecule has 0 aliphatic carbocycles. The number of carboxylic acid groups (broad SMARTS) is 1. The molecule has 8 nitrogen and oxygen atoms in total. The van der Waals surface area contributed by atoms with Crippen LogP contribution < -0.4 is 20.3 Å². The summed E-state index contributed by atoms with van der Waals surface area (Å²) in [5.41, 5.74) is 0.0602. The van der Waals surface area contributed by atoms with E-state index in [1.54, 1.807) is 19.4 Å². The first-order valence-electron chi connectivity index (χ1n) is 8.59. The molecule has 0 unspecified atom stereocenters. The van der Waals surface area contributed by atoms with Crippen molar-refractivity contribution >= 4 is 22.7 Å². The number of nitrogens with zero attached hydrogens (tertiary/aromatic N) is 2. The highest BCUT2D eigenvalue weighted by Crippen LogP contribution is 2.28. The Hall–Kier alpha value is -3.55. The van der Waals surface area contributed by atoms with Gasteiger partial charge in [0, 0.05) is 29.9 Å². The Balaban J connectivity index is 1.87. The van der Waals surface area contributed by atoms with Gasteiger partial charge in [0.05, 0.1) is 23.9 Å². The Bertz CT molecular complexity index is 1070. The SMILES string of the molecule is COc1ccc2c(OCC(C)(C)n3cc(NC(=O)O)ccc3=O)ccnc2c1. The molecule has 0 spiro atoms. The van der Waals surface area contributed by atoms with Crippen LogP contribution in [0.25, 0.3) is 10.9 Å². The number of rotatable bonds is 6. The van der Waals surface area contributed by atoms with Crippen molar-refractivity contribution in [3.8, 4) is 11.5 Å². The Morgan fingerprint density at radius 1 is 1.25 bits per heavy atom. The van der Waals surface area contributed by atoms with Crippen molar-refractivity contribution in [1.82, 2.24) is 9.55 Å². The molecule has 3 aromatic rings. The van der Waals surface area contributed by atoms with Crippen molar-refractivity contribution in [2.24, 2.45) is 0 Å². The standard InChI is InChI=1S/C20H21N3O5/c1-20(2,23-11-13(22-19(25)26)4-7-18(23)24)12-28-17-8-9-21-16-10-14(27-3)5-6-15(16)17/h4-11,22H,12H2,1-3H3,(H,25,26). The average Bonchev–Trinajstić information content (AvgIpc) is 2.66. The fourth-order valence-electron chi connectivity index (χ4n) is 2.84. The summed E-state index contributed by atoms with van der Waals surface area (Å²) < 4.78 is 12.7. The van der Waals surface area contributed by atoms with Gasteiger partial charge in [-0.15, -0.1) is 0 Å². The number of aromatic nitrogens is 2. The first kappa shape index (κ1) is 19.2. The van der Waals surface area contributed by atoms with Crippen molar-refractivity contribution in [2.45, 2.75) is 19.4 Å². The van der Waals surface area contributed by atoms with Crippen LogP contribution in [0.4, 0.5) is 10.5 Å². The number of carbonyl (C=O) groups is 1. The van der Waals surface area contributed by atoms with Gasteiger partial charge in [-0.2, -0.15) is 0 Å². The van der Waals surface area contributed by atoms with Crippen LogP contribution in [-0.4, -0.2) is 34.5 Å². The van der Waals surface area contributed by atoms with Crippen LogP contribution >= 0.6 is 0 Å². The Kier molecular flexibility index (Phi) is 5.21. The molecule has 1 amide bonds. The van der Waals surface area contributed by atoms with Crippen LogP contribution in [0.15, 0.2) is 53.6 Å². The van der Waals surface area contributed by atoms with Crippen LogP contribution in [0.3, 0.4) is 0 Å². The minimum absolute atomic E-state index is 0.189. The molecule has 8 heteroatoms. The van der Waals surface area contributed by atoms with E-state index in [4.69, 9.17) is 14.6 Å². The zero-order valence-corrected chi connectivity index (χ0v) is 15.8. The maximum Gasteiger partial charge on any atom is 0.409 e. The molecular weight excluding hydrogens is 362 g/mol. The Labute approximate surface area is 161 Å². The molecule has 146 valence electrons. The normalized spacial score (nSPS) is 11.2. The van der Waals surface area contributed by atoms with Gasteiger partial charge in [-0.05, 0) is 38.1 Å². The van der Waals surface area contributed by atoms with Crippen LogP contribution in [0, 0.1) is 0 Å². The van der Waals surface area contributed by atoms with Gasteiger partial charge in [0.2, 0.25) is 0 Å². The summed E-state index contributed by atoms with van der Waals surface area (Å²) in [5, 5.41) is 12.0. The van der Waals surface area contributed by atoms with E-state index in [9.17, 15) is 9.59 Å². The average molecular weight is 383 g/mol. The second-order valence-electron chi connectivity index (χ2n) is 6.85. The summed E-state index contributed by atoms with van der Waals surface area (Å²) in [7, 11) is 1.59. The first-order valence-corrected chi connectivity index (χ1v) is 8.59. The van der Waals surface area contributed by atoms with Crippen molar-refractivity contribution in [3.63, 3.8) is 0 Å². The molecule has 0 radical (unpaired) electrons. The summed E-state index contributed by atoms with van der Waals surface area (Å²) in [6.45, 7) is 3.87. The molecule has 0 saturated carbocycles. The summed E-state index contributed by atoms with van der Waals surface area (Å²) in [6.07, 6.45) is 1.92. The molecule has 0 fully saturated rings. The van der Waals surface area contributed by atoms with Crippen molar-refractivity contribution in [2.75, 3.05) is 19.0 Å². The minimum Gasteiger partial charge on any atom is -0.497 e. The van der Waals surface area contributed by atoms with E-state index in [0.29, 0.717) is 17.2 Å². The van der Waals surface area contributed by atoms with Gasteiger partial charge in [0.1, 0.15) is 18.1 Å². The number of hydrogen-bond acceptors (Lipinski definition) is 5. The molecule has 2 N–H and O–H groups in total. The number of fused-ring (bicyclic) bond motifs is 1. The van der Waals surface area contributed by atoms with Crippen LogP contribution in [0.1, 0.15) is 13.8 Å². The first-order chi connectivity index (χ1) is 13.3. The lowest BCUT2D eigenvalue weighted by atomic mass is 10.1. The fraction of sp³-hybridized carbons (Fsp3) is 0.250. The molecule has 3 rings (SSSR count). The summed E-state index contributed by atoms with van der Waals surface area (Å²) in [4.78, 5) is 27.5. The van der Waals surface area contributed by atoms with E-state index >= 15 is 0 Å². The lowest BCUT2D eigenvalue weighted by Gasteiger charge is -2.28. The number of anilines is 1. The van der Waals surface area contributed by atoms with E-state index in [1.165, 1.54) is 22.9 Å². The number of nitrogens with one attached hydrogen (secondary N) is 1. The van der Waals surface area contributed by atoms with Gasteiger partial charge < -0.3 is 19.1 Å². The molecule has 0 saturated heterocycles. The zero-order valence-electron chi connectivity index (χ0n) is 15.8. The summed E-state index contributed by atoms with van der Waals surface area (Å²) in [5.74, 6) is 1.33. The molecule has 0 atom stereocenters. The van der Waals surface area contributed by atoms with Crippen molar-refractivity contribution in [3.05, 3.63) is 59.1 Å². The van der Waals surface area contributed by atoms with Crippen molar-refractivity contribution < 1.29 is 19.4 Å². The maximum atomic E-state index is 12.3. The smallest absolute Gasteiger partial charge is 0.409 e. The summed E-state index contributed by atoms with van der Waals surface area (Å²) in [6, 6.07) is 10.0. The van der Waals surface area contributed by atoms with E-state index in [2.05, 4.69) is 10.3 Å². The van der Waals surface area contributed by atoms with Crippen LogP contribution in [0.2, 0.25) is 0 Å². The highest BCUT2D eigenvalue weighted by Gasteiger charge is 2.23.